The summed E-state index contributed by atoms with van der Waals surface area (Å²) in [6, 6.07) is 4.18. The van der Waals surface area contributed by atoms with E-state index in [4.69, 9.17) is 4.74 Å². The Kier molecular flexibility index (Phi) is 3.35. The molecule has 0 aliphatic carbocycles. The van der Waals surface area contributed by atoms with Gasteiger partial charge in [-0.3, -0.25) is 0 Å². The summed E-state index contributed by atoms with van der Waals surface area (Å²) < 4.78 is 18.0. The molecule has 3 heteroatoms. The van der Waals surface area contributed by atoms with Crippen molar-refractivity contribution in [3.05, 3.63) is 29.6 Å². The van der Waals surface area contributed by atoms with Gasteiger partial charge in [0, 0.05) is 11.6 Å². The molecule has 0 saturated heterocycles. The molecule has 0 aliphatic heterocycles. The number of rotatable bonds is 3. The average Bonchev–Trinajstić information content (AvgIpc) is 2.16. The van der Waals surface area contributed by atoms with Crippen LogP contribution in [0.2, 0.25) is 0 Å². The SMILES string of the molecule is COc1cc(F)ccc1[C@](C)(O)C(C)C. The smallest absolute Gasteiger partial charge is 0.127 e. The Balaban J connectivity index is 3.24. The summed E-state index contributed by atoms with van der Waals surface area (Å²) in [5.41, 5.74) is -0.402. The van der Waals surface area contributed by atoms with E-state index in [1.54, 1.807) is 13.0 Å². The van der Waals surface area contributed by atoms with Crippen LogP contribution in [0.15, 0.2) is 18.2 Å². The zero-order valence-electron chi connectivity index (χ0n) is 9.54. The highest BCUT2D eigenvalue weighted by Crippen LogP contribution is 2.35. The number of aliphatic hydroxyl groups is 1. The zero-order valence-corrected chi connectivity index (χ0v) is 9.54. The Morgan fingerprint density at radius 1 is 1.40 bits per heavy atom. The lowest BCUT2D eigenvalue weighted by molar-refractivity contribution is 0.00688. The number of hydrogen-bond donors (Lipinski definition) is 1. The fourth-order valence-corrected chi connectivity index (χ4v) is 1.39. The maximum Gasteiger partial charge on any atom is 0.127 e. The molecule has 1 aromatic carbocycles. The molecule has 2 nitrogen and oxygen atoms in total. The molecule has 0 amide bonds. The standard InChI is InChI=1S/C12H17FO2/c1-8(2)12(3,14)10-6-5-9(13)7-11(10)15-4/h5-8,14H,1-4H3/t12-/m1/s1. The van der Waals surface area contributed by atoms with Gasteiger partial charge in [-0.25, -0.2) is 4.39 Å². The first kappa shape index (κ1) is 12.0. The highest BCUT2D eigenvalue weighted by atomic mass is 19.1. The number of halogens is 1. The molecule has 1 aromatic rings. The second kappa shape index (κ2) is 4.19. The second-order valence-electron chi connectivity index (χ2n) is 4.15. The van der Waals surface area contributed by atoms with Gasteiger partial charge in [-0.05, 0) is 25.0 Å². The van der Waals surface area contributed by atoms with E-state index in [9.17, 15) is 9.50 Å². The maximum atomic E-state index is 13.0. The fraction of sp³-hybridized carbons (Fsp3) is 0.500. The molecule has 1 N–H and O–H groups in total. The van der Waals surface area contributed by atoms with Crippen LogP contribution in [0.4, 0.5) is 4.39 Å². The summed E-state index contributed by atoms with van der Waals surface area (Å²) in [6.45, 7) is 5.51. The van der Waals surface area contributed by atoms with Crippen molar-refractivity contribution in [1.29, 1.82) is 0 Å². The first-order valence-corrected chi connectivity index (χ1v) is 4.96. The summed E-state index contributed by atoms with van der Waals surface area (Å²) in [5, 5.41) is 10.3. The van der Waals surface area contributed by atoms with Crippen LogP contribution in [0.1, 0.15) is 26.3 Å². The molecule has 0 heterocycles. The summed E-state index contributed by atoms with van der Waals surface area (Å²) in [6.07, 6.45) is 0. The van der Waals surface area contributed by atoms with E-state index in [-0.39, 0.29) is 11.7 Å². The molecule has 0 spiro atoms. The third kappa shape index (κ3) is 2.29. The lowest BCUT2D eigenvalue weighted by Gasteiger charge is -2.29. The van der Waals surface area contributed by atoms with Gasteiger partial charge in [0.05, 0.1) is 12.7 Å². The van der Waals surface area contributed by atoms with Gasteiger partial charge in [-0.1, -0.05) is 13.8 Å². The normalized spacial score (nSPS) is 15.1. The molecule has 84 valence electrons. The first-order valence-electron chi connectivity index (χ1n) is 4.96. The van der Waals surface area contributed by atoms with Crippen LogP contribution in [-0.2, 0) is 5.60 Å². The van der Waals surface area contributed by atoms with E-state index in [0.717, 1.165) is 0 Å². The molecule has 15 heavy (non-hydrogen) atoms. The van der Waals surface area contributed by atoms with E-state index in [1.807, 2.05) is 13.8 Å². The summed E-state index contributed by atoms with van der Waals surface area (Å²) in [7, 11) is 1.47. The lowest BCUT2D eigenvalue weighted by atomic mass is 9.85. The van der Waals surface area contributed by atoms with Crippen LogP contribution in [0.25, 0.3) is 0 Å². The molecule has 0 aromatic heterocycles. The van der Waals surface area contributed by atoms with E-state index in [2.05, 4.69) is 0 Å². The van der Waals surface area contributed by atoms with Crippen molar-refractivity contribution < 1.29 is 14.2 Å². The van der Waals surface area contributed by atoms with Crippen molar-refractivity contribution in [2.45, 2.75) is 26.4 Å². The predicted molar refractivity (Wildman–Crippen MR) is 57.4 cm³/mol. The molecule has 0 unspecified atom stereocenters. The molecule has 0 saturated carbocycles. The van der Waals surface area contributed by atoms with Crippen LogP contribution in [0.5, 0.6) is 5.75 Å². The minimum atomic E-state index is -1.01. The van der Waals surface area contributed by atoms with Crippen LogP contribution in [0, 0.1) is 11.7 Å². The van der Waals surface area contributed by atoms with Crippen LogP contribution in [-0.4, -0.2) is 12.2 Å². The van der Waals surface area contributed by atoms with Gasteiger partial charge in [0.15, 0.2) is 0 Å². The number of hydrogen-bond acceptors (Lipinski definition) is 2. The van der Waals surface area contributed by atoms with Gasteiger partial charge in [0.1, 0.15) is 11.6 Å². The lowest BCUT2D eigenvalue weighted by Crippen LogP contribution is -2.28. The van der Waals surface area contributed by atoms with Gasteiger partial charge in [0.25, 0.3) is 0 Å². The largest absolute Gasteiger partial charge is 0.496 e. The van der Waals surface area contributed by atoms with Crippen molar-refractivity contribution in [3.63, 3.8) is 0 Å². The molecule has 1 atom stereocenters. The fourth-order valence-electron chi connectivity index (χ4n) is 1.39. The Bertz CT molecular complexity index is 345. The topological polar surface area (TPSA) is 29.5 Å². The van der Waals surface area contributed by atoms with Gasteiger partial charge in [-0.2, -0.15) is 0 Å². The minimum absolute atomic E-state index is 0.0249. The quantitative estimate of drug-likeness (QED) is 0.834. The number of benzene rings is 1. The van der Waals surface area contributed by atoms with Gasteiger partial charge in [-0.15, -0.1) is 0 Å². The number of methoxy groups -OCH3 is 1. The highest BCUT2D eigenvalue weighted by molar-refractivity contribution is 5.38. The minimum Gasteiger partial charge on any atom is -0.496 e. The zero-order chi connectivity index (χ0) is 11.6. The summed E-state index contributed by atoms with van der Waals surface area (Å²) in [4.78, 5) is 0. The monoisotopic (exact) mass is 212 g/mol. The second-order valence-corrected chi connectivity index (χ2v) is 4.15. The van der Waals surface area contributed by atoms with Crippen LogP contribution < -0.4 is 4.74 Å². The number of ether oxygens (including phenoxy) is 1. The molecule has 1 rings (SSSR count). The molecular weight excluding hydrogens is 195 g/mol. The van der Waals surface area contributed by atoms with Crippen LogP contribution in [0.3, 0.4) is 0 Å². The molecule has 0 fully saturated rings. The summed E-state index contributed by atoms with van der Waals surface area (Å²) >= 11 is 0. The van der Waals surface area contributed by atoms with E-state index < -0.39 is 5.60 Å². The third-order valence-electron chi connectivity index (χ3n) is 2.83. The van der Waals surface area contributed by atoms with E-state index in [1.165, 1.54) is 19.2 Å². The Morgan fingerprint density at radius 2 is 2.00 bits per heavy atom. The highest BCUT2D eigenvalue weighted by Gasteiger charge is 2.30. The Morgan fingerprint density at radius 3 is 2.47 bits per heavy atom. The van der Waals surface area contributed by atoms with Crippen molar-refractivity contribution in [2.75, 3.05) is 7.11 Å². The third-order valence-corrected chi connectivity index (χ3v) is 2.83. The van der Waals surface area contributed by atoms with E-state index >= 15 is 0 Å². The molecule has 0 bridgehead atoms. The first-order chi connectivity index (χ1) is 6.89. The van der Waals surface area contributed by atoms with E-state index in [0.29, 0.717) is 11.3 Å². The predicted octanol–water partition coefficient (Wildman–Crippen LogP) is 2.70. The molecular formula is C12H17FO2. The Labute approximate surface area is 89.7 Å². The Hall–Kier alpha value is -1.09. The summed E-state index contributed by atoms with van der Waals surface area (Å²) in [5.74, 6) is 0.0423. The van der Waals surface area contributed by atoms with Crippen LogP contribution >= 0.6 is 0 Å². The van der Waals surface area contributed by atoms with Crippen molar-refractivity contribution in [2.24, 2.45) is 5.92 Å². The molecule has 0 radical (unpaired) electrons. The molecule has 0 aliphatic rings. The van der Waals surface area contributed by atoms with Gasteiger partial charge < -0.3 is 9.84 Å². The van der Waals surface area contributed by atoms with Crippen molar-refractivity contribution in [1.82, 2.24) is 0 Å². The van der Waals surface area contributed by atoms with Crippen molar-refractivity contribution in [3.8, 4) is 5.75 Å². The van der Waals surface area contributed by atoms with Crippen molar-refractivity contribution >= 4 is 0 Å². The van der Waals surface area contributed by atoms with Gasteiger partial charge >= 0.3 is 0 Å². The van der Waals surface area contributed by atoms with Gasteiger partial charge in [0.2, 0.25) is 0 Å². The average molecular weight is 212 g/mol. The maximum absolute atomic E-state index is 13.0.